The van der Waals surface area contributed by atoms with Crippen LogP contribution in [-0.2, 0) is 0 Å². The van der Waals surface area contributed by atoms with E-state index in [1.165, 1.54) is 6.33 Å². The minimum absolute atomic E-state index is 0.684. The second kappa shape index (κ2) is 3.49. The minimum Gasteiger partial charge on any atom is -0.397 e. The third-order valence-electron chi connectivity index (χ3n) is 2.04. The summed E-state index contributed by atoms with van der Waals surface area (Å²) in [5, 5.41) is 4.14. The zero-order valence-electron chi connectivity index (χ0n) is 7.99. The lowest BCUT2D eigenvalue weighted by atomic mass is 10.2. The molecule has 3 N–H and O–H groups in total. The molecule has 1 heterocycles. The molecule has 0 saturated carbocycles. The zero-order chi connectivity index (χ0) is 9.97. The van der Waals surface area contributed by atoms with Crippen LogP contribution in [0.3, 0.4) is 0 Å². The van der Waals surface area contributed by atoms with Gasteiger partial charge in [-0.2, -0.15) is 0 Å². The van der Waals surface area contributed by atoms with Crippen LogP contribution < -0.4 is 11.1 Å². The highest BCUT2D eigenvalue weighted by Gasteiger charge is 2.03. The van der Waals surface area contributed by atoms with Crippen molar-refractivity contribution in [2.24, 2.45) is 0 Å². The van der Waals surface area contributed by atoms with Crippen molar-refractivity contribution in [3.05, 3.63) is 24.5 Å². The summed E-state index contributed by atoms with van der Waals surface area (Å²) in [5.41, 5.74) is 7.29. The number of anilines is 2. The van der Waals surface area contributed by atoms with Gasteiger partial charge in [-0.3, -0.25) is 0 Å². The molecular formula is C10H12N4. The summed E-state index contributed by atoms with van der Waals surface area (Å²) in [7, 11) is 0. The van der Waals surface area contributed by atoms with Crippen LogP contribution in [-0.4, -0.2) is 16.5 Å². The Bertz CT molecular complexity index is 453. The number of nitrogens with zero attached hydrogens (tertiary/aromatic N) is 2. The maximum Gasteiger partial charge on any atom is 0.137 e. The van der Waals surface area contributed by atoms with E-state index in [2.05, 4.69) is 15.3 Å². The molecule has 0 aliphatic rings. The summed E-state index contributed by atoms with van der Waals surface area (Å²) >= 11 is 0. The van der Waals surface area contributed by atoms with E-state index in [0.29, 0.717) is 5.69 Å². The predicted octanol–water partition coefficient (Wildman–Crippen LogP) is 1.64. The molecule has 0 amide bonds. The number of nitrogen functional groups attached to an aromatic ring is 1. The molecule has 4 heteroatoms. The van der Waals surface area contributed by atoms with Crippen LogP contribution in [0.15, 0.2) is 24.5 Å². The largest absolute Gasteiger partial charge is 0.397 e. The van der Waals surface area contributed by atoms with Gasteiger partial charge in [0.2, 0.25) is 0 Å². The quantitative estimate of drug-likeness (QED) is 0.703. The van der Waals surface area contributed by atoms with Gasteiger partial charge in [0.25, 0.3) is 0 Å². The number of rotatable bonds is 2. The van der Waals surface area contributed by atoms with Gasteiger partial charge in [0, 0.05) is 11.9 Å². The standard InChI is InChI=1S/C10H12N4/c1-2-12-10-7-4-3-5-8(11)9(7)13-6-14-10/h3-6H,2,11H2,1H3,(H,12,13,14). The Labute approximate surface area is 82.2 Å². The smallest absolute Gasteiger partial charge is 0.137 e. The highest BCUT2D eigenvalue weighted by molar-refractivity contribution is 5.95. The fourth-order valence-corrected chi connectivity index (χ4v) is 1.42. The summed E-state index contributed by atoms with van der Waals surface area (Å²) in [4.78, 5) is 8.31. The molecule has 0 spiro atoms. The van der Waals surface area contributed by atoms with Gasteiger partial charge in [-0.1, -0.05) is 6.07 Å². The molecule has 1 aromatic carbocycles. The first-order chi connectivity index (χ1) is 6.83. The second-order valence-electron chi connectivity index (χ2n) is 3.00. The summed E-state index contributed by atoms with van der Waals surface area (Å²) in [6, 6.07) is 5.70. The highest BCUT2D eigenvalue weighted by Crippen LogP contribution is 2.22. The van der Waals surface area contributed by atoms with Gasteiger partial charge in [-0.25, -0.2) is 9.97 Å². The monoisotopic (exact) mass is 188 g/mol. The summed E-state index contributed by atoms with van der Waals surface area (Å²) in [5.74, 6) is 0.838. The molecule has 72 valence electrons. The zero-order valence-corrected chi connectivity index (χ0v) is 7.99. The predicted molar refractivity (Wildman–Crippen MR) is 58.1 cm³/mol. The molecule has 1 aromatic heterocycles. The number of para-hydroxylation sites is 1. The van der Waals surface area contributed by atoms with E-state index in [9.17, 15) is 0 Å². The van der Waals surface area contributed by atoms with Crippen LogP contribution in [0.25, 0.3) is 10.9 Å². The first kappa shape index (κ1) is 8.74. The average molecular weight is 188 g/mol. The van der Waals surface area contributed by atoms with Crippen molar-refractivity contribution in [2.45, 2.75) is 6.92 Å². The molecule has 0 atom stereocenters. The highest BCUT2D eigenvalue weighted by atomic mass is 15.0. The van der Waals surface area contributed by atoms with Crippen molar-refractivity contribution in [2.75, 3.05) is 17.6 Å². The minimum atomic E-state index is 0.684. The van der Waals surface area contributed by atoms with E-state index >= 15 is 0 Å². The van der Waals surface area contributed by atoms with Crippen LogP contribution in [0, 0.1) is 0 Å². The average Bonchev–Trinajstić information content (AvgIpc) is 2.20. The van der Waals surface area contributed by atoms with Gasteiger partial charge >= 0.3 is 0 Å². The van der Waals surface area contributed by atoms with Crippen LogP contribution in [0.4, 0.5) is 11.5 Å². The SMILES string of the molecule is CCNc1ncnc2c(N)cccc12. The second-order valence-corrected chi connectivity index (χ2v) is 3.00. The summed E-state index contributed by atoms with van der Waals surface area (Å²) in [6.45, 7) is 2.86. The Morgan fingerprint density at radius 1 is 1.36 bits per heavy atom. The van der Waals surface area contributed by atoms with E-state index in [0.717, 1.165) is 23.3 Å². The number of fused-ring (bicyclic) bond motifs is 1. The van der Waals surface area contributed by atoms with E-state index in [1.807, 2.05) is 25.1 Å². The summed E-state index contributed by atoms with van der Waals surface area (Å²) in [6.07, 6.45) is 1.52. The van der Waals surface area contributed by atoms with Gasteiger partial charge in [0.15, 0.2) is 0 Å². The number of nitrogens with two attached hydrogens (primary N) is 1. The maximum absolute atomic E-state index is 5.80. The van der Waals surface area contributed by atoms with Gasteiger partial charge in [-0.15, -0.1) is 0 Å². The molecule has 0 saturated heterocycles. The molecule has 2 aromatic rings. The molecule has 4 nitrogen and oxygen atoms in total. The van der Waals surface area contributed by atoms with E-state index in [1.54, 1.807) is 0 Å². The molecule has 0 aliphatic carbocycles. The Hall–Kier alpha value is -1.84. The topological polar surface area (TPSA) is 63.8 Å². The molecular weight excluding hydrogens is 176 g/mol. The molecule has 0 unspecified atom stereocenters. The molecule has 0 aliphatic heterocycles. The lowest BCUT2D eigenvalue weighted by molar-refractivity contribution is 1.14. The van der Waals surface area contributed by atoms with Crippen molar-refractivity contribution in [1.82, 2.24) is 9.97 Å². The third-order valence-corrected chi connectivity index (χ3v) is 2.04. The number of hydrogen-bond acceptors (Lipinski definition) is 4. The molecule has 0 fully saturated rings. The van der Waals surface area contributed by atoms with Crippen molar-refractivity contribution < 1.29 is 0 Å². The van der Waals surface area contributed by atoms with Gasteiger partial charge in [0.05, 0.1) is 11.2 Å². The van der Waals surface area contributed by atoms with Crippen LogP contribution >= 0.6 is 0 Å². The number of benzene rings is 1. The normalized spacial score (nSPS) is 10.4. The van der Waals surface area contributed by atoms with Crippen LogP contribution in [0.5, 0.6) is 0 Å². The Morgan fingerprint density at radius 3 is 3.00 bits per heavy atom. The van der Waals surface area contributed by atoms with Crippen LogP contribution in [0.1, 0.15) is 6.92 Å². The third kappa shape index (κ3) is 1.35. The maximum atomic E-state index is 5.80. The molecule has 0 radical (unpaired) electrons. The Kier molecular flexibility index (Phi) is 2.18. The van der Waals surface area contributed by atoms with Gasteiger partial charge in [-0.05, 0) is 19.1 Å². The van der Waals surface area contributed by atoms with Crippen LogP contribution in [0.2, 0.25) is 0 Å². The lowest BCUT2D eigenvalue weighted by Crippen LogP contribution is -2.01. The van der Waals surface area contributed by atoms with Crippen molar-refractivity contribution >= 4 is 22.4 Å². The number of nitrogens with one attached hydrogen (secondary N) is 1. The number of hydrogen-bond donors (Lipinski definition) is 2. The Morgan fingerprint density at radius 2 is 2.21 bits per heavy atom. The fraction of sp³-hybridized carbons (Fsp3) is 0.200. The molecule has 0 bridgehead atoms. The lowest BCUT2D eigenvalue weighted by Gasteiger charge is -2.06. The van der Waals surface area contributed by atoms with Crippen molar-refractivity contribution in [3.8, 4) is 0 Å². The first-order valence-corrected chi connectivity index (χ1v) is 4.56. The van der Waals surface area contributed by atoms with Gasteiger partial charge < -0.3 is 11.1 Å². The van der Waals surface area contributed by atoms with E-state index in [4.69, 9.17) is 5.73 Å². The molecule has 14 heavy (non-hydrogen) atoms. The van der Waals surface area contributed by atoms with E-state index in [-0.39, 0.29) is 0 Å². The number of aromatic nitrogens is 2. The van der Waals surface area contributed by atoms with Gasteiger partial charge in [0.1, 0.15) is 12.1 Å². The van der Waals surface area contributed by atoms with Crippen molar-refractivity contribution in [1.29, 1.82) is 0 Å². The van der Waals surface area contributed by atoms with E-state index < -0.39 is 0 Å². The summed E-state index contributed by atoms with van der Waals surface area (Å²) < 4.78 is 0. The fourth-order valence-electron chi connectivity index (χ4n) is 1.42. The van der Waals surface area contributed by atoms with Crippen molar-refractivity contribution in [3.63, 3.8) is 0 Å². The Balaban J connectivity index is 2.68. The first-order valence-electron chi connectivity index (χ1n) is 4.56. The molecule has 2 rings (SSSR count).